The molecule has 2 aromatic rings. The van der Waals surface area contributed by atoms with E-state index in [0.717, 1.165) is 29.9 Å². The molecule has 0 radical (unpaired) electrons. The van der Waals surface area contributed by atoms with Crippen LogP contribution in [0, 0.1) is 0 Å². The number of amides is 1. The molecule has 0 saturated carbocycles. The zero-order valence-corrected chi connectivity index (χ0v) is 19.6. The van der Waals surface area contributed by atoms with Crippen molar-refractivity contribution in [3.63, 3.8) is 0 Å². The Kier molecular flexibility index (Phi) is 7.79. The molecule has 0 aromatic heterocycles. The monoisotopic (exact) mass is 460 g/mol. The van der Waals surface area contributed by atoms with E-state index in [4.69, 9.17) is 11.6 Å². The highest BCUT2D eigenvalue weighted by Gasteiger charge is 2.34. The summed E-state index contributed by atoms with van der Waals surface area (Å²) in [7, 11) is -3.10. The summed E-state index contributed by atoms with van der Waals surface area (Å²) < 4.78 is 24.1. The van der Waals surface area contributed by atoms with Gasteiger partial charge in [0.25, 0.3) is 0 Å². The van der Waals surface area contributed by atoms with Crippen LogP contribution < -0.4 is 4.90 Å². The van der Waals surface area contributed by atoms with Gasteiger partial charge in [0, 0.05) is 42.5 Å². The Morgan fingerprint density at radius 1 is 1.06 bits per heavy atom. The number of rotatable bonds is 8. The molecule has 1 saturated heterocycles. The predicted octanol–water partition coefficient (Wildman–Crippen LogP) is 4.42. The summed E-state index contributed by atoms with van der Waals surface area (Å²) in [5.41, 5.74) is 2.98. The molecule has 0 N–H and O–H groups in total. The van der Waals surface area contributed by atoms with Crippen LogP contribution in [-0.2, 0) is 21.2 Å². The van der Waals surface area contributed by atoms with Crippen molar-refractivity contribution in [2.75, 3.05) is 29.5 Å². The highest BCUT2D eigenvalue weighted by atomic mass is 35.5. The minimum absolute atomic E-state index is 0.0189. The Bertz CT molecular complexity index is 1010. The molecule has 0 aliphatic carbocycles. The zero-order chi connectivity index (χ0) is 22.4. The fraction of sp³-hybridized carbons (Fsp3) is 0.375. The van der Waals surface area contributed by atoms with E-state index in [0.29, 0.717) is 18.0 Å². The van der Waals surface area contributed by atoms with Crippen LogP contribution in [-0.4, -0.2) is 49.9 Å². The molecular formula is C24H29ClN2O3S. The summed E-state index contributed by atoms with van der Waals surface area (Å²) in [5.74, 6) is -0.0428. The lowest BCUT2D eigenvalue weighted by Gasteiger charge is -2.28. The van der Waals surface area contributed by atoms with Crippen molar-refractivity contribution in [1.29, 1.82) is 0 Å². The lowest BCUT2D eigenvalue weighted by molar-refractivity contribution is -0.128. The molecule has 166 valence electrons. The van der Waals surface area contributed by atoms with E-state index >= 15 is 0 Å². The van der Waals surface area contributed by atoms with Crippen molar-refractivity contribution in [3.8, 4) is 0 Å². The maximum atomic E-state index is 13.1. The minimum atomic E-state index is -3.10. The second-order valence-electron chi connectivity index (χ2n) is 7.75. The second kappa shape index (κ2) is 10.3. The van der Waals surface area contributed by atoms with E-state index < -0.39 is 9.84 Å². The number of hydrogen-bond acceptors (Lipinski definition) is 4. The van der Waals surface area contributed by atoms with E-state index in [1.807, 2.05) is 24.3 Å². The summed E-state index contributed by atoms with van der Waals surface area (Å²) >= 11 is 5.92. The first-order chi connectivity index (χ1) is 14.8. The fourth-order valence-corrected chi connectivity index (χ4v) is 5.70. The summed E-state index contributed by atoms with van der Waals surface area (Å²) in [5, 5.41) is 0.634. The molecule has 1 fully saturated rings. The van der Waals surface area contributed by atoms with Crippen LogP contribution in [0.25, 0.3) is 6.08 Å². The van der Waals surface area contributed by atoms with Crippen LogP contribution in [0.15, 0.2) is 54.6 Å². The Morgan fingerprint density at radius 2 is 1.71 bits per heavy atom. The molecule has 2 aromatic carbocycles. The van der Waals surface area contributed by atoms with E-state index in [-0.39, 0.29) is 23.5 Å². The van der Waals surface area contributed by atoms with Gasteiger partial charge in [-0.2, -0.15) is 0 Å². The van der Waals surface area contributed by atoms with E-state index in [9.17, 15) is 13.2 Å². The quantitative estimate of drug-likeness (QED) is 0.547. The van der Waals surface area contributed by atoms with Gasteiger partial charge < -0.3 is 9.80 Å². The summed E-state index contributed by atoms with van der Waals surface area (Å²) in [6, 6.07) is 15.0. The number of benzene rings is 2. The SMILES string of the molecule is CCN(CC)c1ccc(CN(C(=O)/C=C/c2ccc(Cl)cc2)[C@@H]2CCS(=O)(=O)C2)cc1. The standard InChI is InChI=1S/C24H29ClN2O3S/c1-3-26(4-2)22-12-7-20(8-13-22)17-27(23-15-16-31(29,30)18-23)24(28)14-9-19-5-10-21(25)11-6-19/h5-14,23H,3-4,15-18H2,1-2H3/b14-9+/t23-/m1/s1. The van der Waals surface area contributed by atoms with Gasteiger partial charge in [-0.3, -0.25) is 4.79 Å². The predicted molar refractivity (Wildman–Crippen MR) is 128 cm³/mol. The normalized spacial score (nSPS) is 17.7. The highest BCUT2D eigenvalue weighted by Crippen LogP contribution is 2.22. The van der Waals surface area contributed by atoms with Crippen molar-refractivity contribution < 1.29 is 13.2 Å². The van der Waals surface area contributed by atoms with E-state index in [1.165, 1.54) is 6.08 Å². The smallest absolute Gasteiger partial charge is 0.247 e. The number of anilines is 1. The number of carbonyl (C=O) groups is 1. The fourth-order valence-electron chi connectivity index (χ4n) is 3.84. The summed E-state index contributed by atoms with van der Waals surface area (Å²) in [4.78, 5) is 17.0. The average molecular weight is 461 g/mol. The molecular weight excluding hydrogens is 432 g/mol. The van der Waals surface area contributed by atoms with Crippen molar-refractivity contribution in [2.24, 2.45) is 0 Å². The number of nitrogens with zero attached hydrogens (tertiary/aromatic N) is 2. The van der Waals surface area contributed by atoms with Gasteiger partial charge in [-0.05, 0) is 61.7 Å². The number of halogens is 1. The first-order valence-corrected chi connectivity index (χ1v) is 12.8. The van der Waals surface area contributed by atoms with Crippen molar-refractivity contribution in [1.82, 2.24) is 4.90 Å². The molecule has 1 atom stereocenters. The van der Waals surface area contributed by atoms with Crippen molar-refractivity contribution in [3.05, 3.63) is 70.8 Å². The maximum Gasteiger partial charge on any atom is 0.247 e. The van der Waals surface area contributed by atoms with E-state index in [1.54, 1.807) is 23.1 Å². The number of hydrogen-bond donors (Lipinski definition) is 0. The van der Waals surface area contributed by atoms with Gasteiger partial charge in [-0.1, -0.05) is 35.9 Å². The third-order valence-corrected chi connectivity index (χ3v) is 7.64. The lowest BCUT2D eigenvalue weighted by Crippen LogP contribution is -2.39. The van der Waals surface area contributed by atoms with Gasteiger partial charge in [-0.25, -0.2) is 8.42 Å². The van der Waals surface area contributed by atoms with Crippen LogP contribution in [0.5, 0.6) is 0 Å². The van der Waals surface area contributed by atoms with E-state index in [2.05, 4.69) is 30.9 Å². The molecule has 1 aliphatic rings. The highest BCUT2D eigenvalue weighted by molar-refractivity contribution is 7.91. The Labute approximate surface area is 190 Å². The van der Waals surface area contributed by atoms with Gasteiger partial charge in [0.2, 0.25) is 5.91 Å². The van der Waals surface area contributed by atoms with Gasteiger partial charge >= 0.3 is 0 Å². The molecule has 0 unspecified atom stereocenters. The average Bonchev–Trinajstić information content (AvgIpc) is 3.12. The first-order valence-electron chi connectivity index (χ1n) is 10.6. The molecule has 7 heteroatoms. The molecule has 5 nitrogen and oxygen atoms in total. The molecule has 31 heavy (non-hydrogen) atoms. The Hall–Kier alpha value is -2.31. The maximum absolute atomic E-state index is 13.1. The molecule has 0 bridgehead atoms. The first kappa shape index (κ1) is 23.4. The van der Waals surface area contributed by atoms with Gasteiger partial charge in [0.1, 0.15) is 0 Å². The molecule has 3 rings (SSSR count). The number of sulfone groups is 1. The van der Waals surface area contributed by atoms with Crippen molar-refractivity contribution >= 4 is 39.1 Å². The molecule has 1 heterocycles. The zero-order valence-electron chi connectivity index (χ0n) is 18.0. The van der Waals surface area contributed by atoms with Gasteiger partial charge in [-0.15, -0.1) is 0 Å². The second-order valence-corrected chi connectivity index (χ2v) is 10.4. The molecule has 1 aliphatic heterocycles. The lowest BCUT2D eigenvalue weighted by atomic mass is 10.1. The summed E-state index contributed by atoms with van der Waals surface area (Å²) in [6.07, 6.45) is 3.72. The Morgan fingerprint density at radius 3 is 2.26 bits per heavy atom. The van der Waals surface area contributed by atoms with Crippen LogP contribution in [0.4, 0.5) is 5.69 Å². The minimum Gasteiger partial charge on any atom is -0.372 e. The largest absolute Gasteiger partial charge is 0.372 e. The van der Waals surface area contributed by atoms with Gasteiger partial charge in [0.05, 0.1) is 11.5 Å². The van der Waals surface area contributed by atoms with Crippen molar-refractivity contribution in [2.45, 2.75) is 32.9 Å². The van der Waals surface area contributed by atoms with Crippen LogP contribution in [0.2, 0.25) is 5.02 Å². The number of carbonyl (C=O) groups excluding carboxylic acids is 1. The van der Waals surface area contributed by atoms with Crippen LogP contribution in [0.1, 0.15) is 31.4 Å². The third kappa shape index (κ3) is 6.34. The molecule has 1 amide bonds. The van der Waals surface area contributed by atoms with Crippen LogP contribution >= 0.6 is 11.6 Å². The van der Waals surface area contributed by atoms with Crippen LogP contribution in [0.3, 0.4) is 0 Å². The molecule has 0 spiro atoms. The summed E-state index contributed by atoms with van der Waals surface area (Å²) in [6.45, 7) is 6.46. The Balaban J connectivity index is 1.79. The third-order valence-electron chi connectivity index (χ3n) is 5.64. The van der Waals surface area contributed by atoms with Gasteiger partial charge in [0.15, 0.2) is 9.84 Å². The topological polar surface area (TPSA) is 57.7 Å².